The zero-order valence-corrected chi connectivity index (χ0v) is 16.5. The van der Waals surface area contributed by atoms with E-state index < -0.39 is 0 Å². The highest BCUT2D eigenvalue weighted by Crippen LogP contribution is 2.17. The molecule has 0 aliphatic rings. The number of ether oxygens (including phenoxy) is 1. The fourth-order valence-corrected chi connectivity index (χ4v) is 2.81. The van der Waals surface area contributed by atoms with Gasteiger partial charge in [-0.25, -0.2) is 0 Å². The number of aromatic nitrogens is 1. The molecule has 5 nitrogen and oxygen atoms in total. The van der Waals surface area contributed by atoms with Crippen molar-refractivity contribution in [3.63, 3.8) is 0 Å². The highest BCUT2D eigenvalue weighted by atomic mass is 16.5. The van der Waals surface area contributed by atoms with Crippen LogP contribution in [0.1, 0.15) is 21.5 Å². The van der Waals surface area contributed by atoms with Gasteiger partial charge >= 0.3 is 0 Å². The van der Waals surface area contributed by atoms with Gasteiger partial charge in [0.25, 0.3) is 5.91 Å². The van der Waals surface area contributed by atoms with Crippen LogP contribution in [-0.2, 0) is 13.2 Å². The van der Waals surface area contributed by atoms with Crippen LogP contribution in [0.5, 0.6) is 5.75 Å². The third-order valence-electron chi connectivity index (χ3n) is 4.45. The maximum absolute atomic E-state index is 12.7. The molecule has 0 spiro atoms. The van der Waals surface area contributed by atoms with Crippen molar-refractivity contribution >= 4 is 11.6 Å². The molecule has 0 unspecified atom stereocenters. The number of nitrogens with zero attached hydrogens (tertiary/aromatic N) is 3. The molecule has 0 saturated carbocycles. The molecule has 0 atom stereocenters. The minimum absolute atomic E-state index is 0.0181. The van der Waals surface area contributed by atoms with Crippen molar-refractivity contribution in [3.8, 4) is 5.75 Å². The van der Waals surface area contributed by atoms with Gasteiger partial charge in [0, 0.05) is 56.9 Å². The summed E-state index contributed by atoms with van der Waals surface area (Å²) in [5.41, 5.74) is 3.88. The van der Waals surface area contributed by atoms with E-state index >= 15 is 0 Å². The quantitative estimate of drug-likeness (QED) is 0.626. The van der Waals surface area contributed by atoms with Crippen molar-refractivity contribution < 1.29 is 9.53 Å². The maximum Gasteiger partial charge on any atom is 0.253 e. The predicted octanol–water partition coefficient (Wildman–Crippen LogP) is 4.00. The van der Waals surface area contributed by atoms with Gasteiger partial charge in [-0.15, -0.1) is 0 Å². The Kier molecular flexibility index (Phi) is 6.27. The molecular weight excluding hydrogens is 350 g/mol. The smallest absolute Gasteiger partial charge is 0.253 e. The molecule has 3 aromatic rings. The van der Waals surface area contributed by atoms with Gasteiger partial charge in [-0.3, -0.25) is 9.78 Å². The van der Waals surface area contributed by atoms with Crippen molar-refractivity contribution in [1.82, 2.24) is 9.88 Å². The van der Waals surface area contributed by atoms with Gasteiger partial charge < -0.3 is 14.5 Å². The number of rotatable bonds is 7. The molecule has 0 saturated heterocycles. The van der Waals surface area contributed by atoms with E-state index in [1.165, 1.54) is 0 Å². The summed E-state index contributed by atoms with van der Waals surface area (Å²) in [6, 6.07) is 19.3. The lowest BCUT2D eigenvalue weighted by Crippen LogP contribution is -2.26. The Morgan fingerprint density at radius 3 is 2.25 bits per heavy atom. The molecule has 0 N–H and O–H groups in total. The summed E-state index contributed by atoms with van der Waals surface area (Å²) in [4.78, 5) is 20.5. The molecule has 1 heterocycles. The van der Waals surface area contributed by atoms with Crippen LogP contribution in [0.25, 0.3) is 0 Å². The number of carbonyl (C=O) groups is 1. The van der Waals surface area contributed by atoms with Crippen LogP contribution in [0.3, 0.4) is 0 Å². The standard InChI is InChI=1S/C23H25N3O2/c1-25(2)21-10-6-18(7-11-21)16-26(3)23(27)20-8-12-22(13-9-20)28-17-19-5-4-14-24-15-19/h4-15H,16-17H2,1-3H3. The Bertz CT molecular complexity index is 891. The first kappa shape index (κ1) is 19.4. The lowest BCUT2D eigenvalue weighted by molar-refractivity contribution is 0.0785. The van der Waals surface area contributed by atoms with E-state index in [-0.39, 0.29) is 5.91 Å². The highest BCUT2D eigenvalue weighted by Gasteiger charge is 2.12. The Hall–Kier alpha value is -3.34. The molecule has 2 aromatic carbocycles. The maximum atomic E-state index is 12.7. The summed E-state index contributed by atoms with van der Waals surface area (Å²) in [5, 5.41) is 0. The van der Waals surface area contributed by atoms with Gasteiger partial charge in [-0.1, -0.05) is 18.2 Å². The molecule has 1 aromatic heterocycles. The first-order valence-corrected chi connectivity index (χ1v) is 9.16. The minimum Gasteiger partial charge on any atom is -0.489 e. The SMILES string of the molecule is CN(Cc1ccc(N(C)C)cc1)C(=O)c1ccc(OCc2cccnc2)cc1. The zero-order valence-electron chi connectivity index (χ0n) is 16.5. The fraction of sp³-hybridized carbons (Fsp3) is 0.217. The number of amides is 1. The number of pyridine rings is 1. The van der Waals surface area contributed by atoms with E-state index in [4.69, 9.17) is 4.74 Å². The summed E-state index contributed by atoms with van der Waals surface area (Å²) in [6.45, 7) is 1.01. The van der Waals surface area contributed by atoms with E-state index in [2.05, 4.69) is 34.1 Å². The zero-order chi connectivity index (χ0) is 19.9. The molecule has 3 rings (SSSR count). The molecule has 0 fully saturated rings. The van der Waals surface area contributed by atoms with Crippen molar-refractivity contribution in [2.45, 2.75) is 13.2 Å². The van der Waals surface area contributed by atoms with Crippen LogP contribution in [0.15, 0.2) is 73.1 Å². The van der Waals surface area contributed by atoms with E-state index in [1.807, 2.05) is 45.4 Å². The van der Waals surface area contributed by atoms with Gasteiger partial charge in [0.15, 0.2) is 0 Å². The van der Waals surface area contributed by atoms with Crippen LogP contribution in [0, 0.1) is 0 Å². The molecule has 0 bridgehead atoms. The Balaban J connectivity index is 1.57. The minimum atomic E-state index is -0.0181. The number of carbonyl (C=O) groups excluding carboxylic acids is 1. The molecule has 144 valence electrons. The largest absolute Gasteiger partial charge is 0.489 e. The average molecular weight is 375 g/mol. The van der Waals surface area contributed by atoms with Crippen molar-refractivity contribution in [3.05, 3.63) is 89.7 Å². The predicted molar refractivity (Wildman–Crippen MR) is 112 cm³/mol. The molecule has 28 heavy (non-hydrogen) atoms. The topological polar surface area (TPSA) is 45.7 Å². The fourth-order valence-electron chi connectivity index (χ4n) is 2.81. The van der Waals surface area contributed by atoms with Crippen molar-refractivity contribution in [2.24, 2.45) is 0 Å². The first-order chi connectivity index (χ1) is 13.5. The monoisotopic (exact) mass is 375 g/mol. The van der Waals surface area contributed by atoms with Crippen molar-refractivity contribution in [1.29, 1.82) is 0 Å². The summed E-state index contributed by atoms with van der Waals surface area (Å²) in [7, 11) is 5.83. The molecule has 0 radical (unpaired) electrons. The van der Waals surface area contributed by atoms with Crippen LogP contribution in [-0.4, -0.2) is 36.9 Å². The van der Waals surface area contributed by atoms with Crippen LogP contribution >= 0.6 is 0 Å². The lowest BCUT2D eigenvalue weighted by Gasteiger charge is -2.19. The van der Waals surface area contributed by atoms with E-state index in [0.717, 1.165) is 22.6 Å². The Morgan fingerprint density at radius 1 is 0.929 bits per heavy atom. The summed E-state index contributed by atoms with van der Waals surface area (Å²) < 4.78 is 5.74. The van der Waals surface area contributed by atoms with Gasteiger partial charge in [0.1, 0.15) is 12.4 Å². The first-order valence-electron chi connectivity index (χ1n) is 9.16. The van der Waals surface area contributed by atoms with E-state index in [0.29, 0.717) is 18.7 Å². The Morgan fingerprint density at radius 2 is 1.64 bits per heavy atom. The van der Waals surface area contributed by atoms with Crippen LogP contribution in [0.4, 0.5) is 5.69 Å². The van der Waals surface area contributed by atoms with Gasteiger partial charge in [-0.05, 0) is 48.0 Å². The Labute approximate surface area is 166 Å². The molecule has 0 aliphatic carbocycles. The third-order valence-corrected chi connectivity index (χ3v) is 4.45. The summed E-state index contributed by atoms with van der Waals surface area (Å²) in [6.07, 6.45) is 3.51. The van der Waals surface area contributed by atoms with Gasteiger partial charge in [0.05, 0.1) is 0 Å². The number of anilines is 1. The van der Waals surface area contributed by atoms with Crippen LogP contribution < -0.4 is 9.64 Å². The average Bonchev–Trinajstić information content (AvgIpc) is 2.73. The van der Waals surface area contributed by atoms with Crippen molar-refractivity contribution in [2.75, 3.05) is 26.0 Å². The lowest BCUT2D eigenvalue weighted by atomic mass is 10.1. The number of hydrogen-bond acceptors (Lipinski definition) is 4. The number of hydrogen-bond donors (Lipinski definition) is 0. The van der Waals surface area contributed by atoms with Gasteiger partial charge in [0.2, 0.25) is 0 Å². The summed E-state index contributed by atoms with van der Waals surface area (Å²) >= 11 is 0. The molecule has 1 amide bonds. The molecule has 5 heteroatoms. The molecular formula is C23H25N3O2. The van der Waals surface area contributed by atoms with Crippen LogP contribution in [0.2, 0.25) is 0 Å². The second-order valence-corrected chi connectivity index (χ2v) is 6.90. The molecule has 0 aliphatic heterocycles. The third kappa shape index (κ3) is 5.10. The van der Waals surface area contributed by atoms with E-state index in [1.54, 1.807) is 29.4 Å². The normalized spacial score (nSPS) is 10.4. The second kappa shape index (κ2) is 9.04. The number of benzene rings is 2. The van der Waals surface area contributed by atoms with E-state index in [9.17, 15) is 4.79 Å². The summed E-state index contributed by atoms with van der Waals surface area (Å²) in [5.74, 6) is 0.706. The highest BCUT2D eigenvalue weighted by molar-refractivity contribution is 5.94. The second-order valence-electron chi connectivity index (χ2n) is 6.90. The van der Waals surface area contributed by atoms with Gasteiger partial charge in [-0.2, -0.15) is 0 Å².